The van der Waals surface area contributed by atoms with Crippen molar-refractivity contribution in [1.29, 1.82) is 0 Å². The van der Waals surface area contributed by atoms with Gasteiger partial charge in [-0.3, -0.25) is 9.59 Å². The summed E-state index contributed by atoms with van der Waals surface area (Å²) in [5.74, 6) is -4.53. The zero-order valence-corrected chi connectivity index (χ0v) is 18.0. The smallest absolute Gasteiger partial charge is 0.392 e. The number of carbonyl (C=O) groups excluding carboxylic acids is 1. The zero-order chi connectivity index (χ0) is 22.5. The molecule has 1 aliphatic carbocycles. The van der Waals surface area contributed by atoms with Crippen molar-refractivity contribution in [2.45, 2.75) is 70.3 Å². The Morgan fingerprint density at radius 3 is 2.47 bits per heavy atom. The van der Waals surface area contributed by atoms with E-state index >= 15 is 0 Å². The molecule has 0 heterocycles. The molecule has 168 valence electrons. The van der Waals surface area contributed by atoms with E-state index in [9.17, 15) is 27.9 Å². The Morgan fingerprint density at radius 1 is 1.27 bits per heavy atom. The summed E-state index contributed by atoms with van der Waals surface area (Å²) < 4.78 is 40.0. The normalized spacial score (nSPS) is 18.3. The van der Waals surface area contributed by atoms with E-state index in [1.54, 1.807) is 24.3 Å². The van der Waals surface area contributed by atoms with E-state index in [1.807, 2.05) is 6.92 Å². The van der Waals surface area contributed by atoms with Gasteiger partial charge in [-0.2, -0.15) is 13.2 Å². The summed E-state index contributed by atoms with van der Waals surface area (Å²) in [5.41, 5.74) is 0.357. The molecule has 3 unspecified atom stereocenters. The number of amides is 1. The highest BCUT2D eigenvalue weighted by Gasteiger charge is 2.50. The highest BCUT2D eigenvalue weighted by Crippen LogP contribution is 2.48. The summed E-state index contributed by atoms with van der Waals surface area (Å²) in [7, 11) is 0. The van der Waals surface area contributed by atoms with Crippen LogP contribution in [0.15, 0.2) is 24.3 Å². The van der Waals surface area contributed by atoms with Gasteiger partial charge in [-0.25, -0.2) is 0 Å². The molecular formula is C22H29ClF3NO3. The van der Waals surface area contributed by atoms with Gasteiger partial charge in [0.1, 0.15) is 0 Å². The molecule has 2 rings (SSSR count). The molecule has 1 aliphatic rings. The maximum absolute atomic E-state index is 13.3. The van der Waals surface area contributed by atoms with Gasteiger partial charge in [0.25, 0.3) is 0 Å². The van der Waals surface area contributed by atoms with E-state index in [0.717, 1.165) is 18.9 Å². The van der Waals surface area contributed by atoms with Crippen LogP contribution in [-0.2, 0) is 16.0 Å². The first-order valence-electron chi connectivity index (χ1n) is 10.3. The third-order valence-electron chi connectivity index (χ3n) is 5.98. The molecule has 1 fully saturated rings. The SMILES string of the molecule is CCC(Cl)CCCC(C(=O)Nc1cccc(CC2(C(=O)O)CC2)c1)C(C)C(F)(F)F. The monoisotopic (exact) mass is 447 g/mol. The maximum Gasteiger partial charge on any atom is 0.392 e. The van der Waals surface area contributed by atoms with Crippen molar-refractivity contribution in [2.75, 3.05) is 5.32 Å². The van der Waals surface area contributed by atoms with E-state index in [1.165, 1.54) is 0 Å². The summed E-state index contributed by atoms with van der Waals surface area (Å²) in [6, 6.07) is 6.68. The quantitative estimate of drug-likeness (QED) is 0.407. The number of anilines is 1. The number of carboxylic acids is 1. The molecule has 2 N–H and O–H groups in total. The molecule has 1 saturated carbocycles. The number of carboxylic acid groups (broad SMARTS) is 1. The molecule has 0 bridgehead atoms. The molecule has 1 amide bonds. The minimum absolute atomic E-state index is 0.0948. The summed E-state index contributed by atoms with van der Waals surface area (Å²) in [5, 5.41) is 11.8. The van der Waals surface area contributed by atoms with Gasteiger partial charge < -0.3 is 10.4 Å². The van der Waals surface area contributed by atoms with E-state index in [2.05, 4.69) is 5.32 Å². The minimum Gasteiger partial charge on any atom is -0.481 e. The molecule has 3 atom stereocenters. The molecule has 1 aromatic carbocycles. The van der Waals surface area contributed by atoms with Crippen LogP contribution in [0.1, 0.15) is 57.9 Å². The average Bonchev–Trinajstić information content (AvgIpc) is 3.44. The van der Waals surface area contributed by atoms with Gasteiger partial charge in [-0.1, -0.05) is 32.4 Å². The van der Waals surface area contributed by atoms with Gasteiger partial charge in [-0.05, 0) is 56.2 Å². The van der Waals surface area contributed by atoms with E-state index in [0.29, 0.717) is 37.8 Å². The van der Waals surface area contributed by atoms with E-state index < -0.39 is 35.3 Å². The van der Waals surface area contributed by atoms with Gasteiger partial charge in [0.2, 0.25) is 5.91 Å². The molecule has 30 heavy (non-hydrogen) atoms. The fourth-order valence-corrected chi connectivity index (χ4v) is 3.76. The predicted octanol–water partition coefficient (Wildman–Crippen LogP) is 6.03. The Labute approximate surface area is 180 Å². The molecule has 0 aliphatic heterocycles. The van der Waals surface area contributed by atoms with E-state index in [4.69, 9.17) is 11.6 Å². The first-order valence-corrected chi connectivity index (χ1v) is 10.8. The second kappa shape index (κ2) is 10.0. The number of rotatable bonds is 11. The molecule has 8 heteroatoms. The van der Waals surface area contributed by atoms with Crippen LogP contribution in [0.3, 0.4) is 0 Å². The Kier molecular flexibility index (Phi) is 8.20. The number of hydrogen-bond donors (Lipinski definition) is 2. The fourth-order valence-electron chi connectivity index (χ4n) is 3.60. The summed E-state index contributed by atoms with van der Waals surface area (Å²) >= 11 is 6.06. The van der Waals surface area contributed by atoms with Crippen LogP contribution < -0.4 is 5.32 Å². The van der Waals surface area contributed by atoms with Crippen molar-refractivity contribution in [3.05, 3.63) is 29.8 Å². The molecule has 0 spiro atoms. The van der Waals surface area contributed by atoms with Crippen LogP contribution >= 0.6 is 11.6 Å². The van der Waals surface area contributed by atoms with Crippen molar-refractivity contribution in [3.63, 3.8) is 0 Å². The highest BCUT2D eigenvalue weighted by atomic mass is 35.5. The van der Waals surface area contributed by atoms with Crippen LogP contribution in [0.25, 0.3) is 0 Å². The van der Waals surface area contributed by atoms with Crippen LogP contribution in [0.5, 0.6) is 0 Å². The summed E-state index contributed by atoms with van der Waals surface area (Å²) in [6.07, 6.45) is -1.14. The van der Waals surface area contributed by atoms with Crippen molar-refractivity contribution in [3.8, 4) is 0 Å². The van der Waals surface area contributed by atoms with Gasteiger partial charge >= 0.3 is 12.1 Å². The third kappa shape index (κ3) is 6.62. The Balaban J connectivity index is 2.08. The fraction of sp³-hybridized carbons (Fsp3) is 0.636. The number of hydrogen-bond acceptors (Lipinski definition) is 2. The lowest BCUT2D eigenvalue weighted by atomic mass is 9.87. The Hall–Kier alpha value is -1.76. The Morgan fingerprint density at radius 2 is 1.93 bits per heavy atom. The summed E-state index contributed by atoms with van der Waals surface area (Å²) in [4.78, 5) is 24.1. The van der Waals surface area contributed by atoms with Crippen molar-refractivity contribution in [1.82, 2.24) is 0 Å². The van der Waals surface area contributed by atoms with Crippen LogP contribution in [-0.4, -0.2) is 28.5 Å². The second-order valence-electron chi connectivity index (χ2n) is 8.33. The molecule has 0 saturated heterocycles. The van der Waals surface area contributed by atoms with E-state index in [-0.39, 0.29) is 11.8 Å². The summed E-state index contributed by atoms with van der Waals surface area (Å²) in [6.45, 7) is 2.94. The number of halogens is 4. The van der Waals surface area contributed by atoms with Crippen LogP contribution in [0.2, 0.25) is 0 Å². The van der Waals surface area contributed by atoms with Gasteiger partial charge in [0.05, 0.1) is 11.3 Å². The lowest BCUT2D eigenvalue weighted by Gasteiger charge is -2.25. The number of alkyl halides is 4. The lowest BCUT2D eigenvalue weighted by Crippen LogP contribution is -2.36. The molecule has 4 nitrogen and oxygen atoms in total. The largest absolute Gasteiger partial charge is 0.481 e. The van der Waals surface area contributed by atoms with Gasteiger partial charge in [-0.15, -0.1) is 11.6 Å². The standard InChI is InChI=1S/C22H29ClF3NO3/c1-3-16(23)7-5-9-18(14(2)22(24,25)26)19(28)27-17-8-4-6-15(12-17)13-21(10-11-21)20(29)30/h4,6,8,12,14,16,18H,3,5,7,9-11,13H2,1-2H3,(H,27,28)(H,29,30). The molecule has 1 aromatic rings. The zero-order valence-electron chi connectivity index (χ0n) is 17.3. The average molecular weight is 448 g/mol. The lowest BCUT2D eigenvalue weighted by molar-refractivity contribution is -0.186. The molecule has 0 aromatic heterocycles. The van der Waals surface area contributed by atoms with Gasteiger partial charge in [0, 0.05) is 17.0 Å². The van der Waals surface area contributed by atoms with Crippen molar-refractivity contribution < 1.29 is 27.9 Å². The first-order chi connectivity index (χ1) is 14.0. The first kappa shape index (κ1) is 24.5. The minimum atomic E-state index is -4.48. The maximum atomic E-state index is 13.3. The number of benzene rings is 1. The number of aliphatic carboxylic acids is 1. The number of carbonyl (C=O) groups is 2. The van der Waals surface area contributed by atoms with Crippen molar-refractivity contribution >= 4 is 29.2 Å². The molecule has 0 radical (unpaired) electrons. The van der Waals surface area contributed by atoms with Crippen LogP contribution in [0.4, 0.5) is 18.9 Å². The second-order valence-corrected chi connectivity index (χ2v) is 8.94. The van der Waals surface area contributed by atoms with Crippen molar-refractivity contribution in [2.24, 2.45) is 17.3 Å². The Bertz CT molecular complexity index is 749. The number of nitrogens with one attached hydrogen (secondary N) is 1. The van der Waals surface area contributed by atoms with Gasteiger partial charge in [0.15, 0.2) is 0 Å². The van der Waals surface area contributed by atoms with Crippen LogP contribution in [0, 0.1) is 17.3 Å². The molecular weight excluding hydrogens is 419 g/mol. The third-order valence-corrected chi connectivity index (χ3v) is 6.50. The predicted molar refractivity (Wildman–Crippen MR) is 111 cm³/mol. The topological polar surface area (TPSA) is 66.4 Å². The highest BCUT2D eigenvalue weighted by molar-refractivity contribution is 6.20.